The topological polar surface area (TPSA) is 44.5 Å². The van der Waals surface area contributed by atoms with Crippen LogP contribution in [0.3, 0.4) is 0 Å². The van der Waals surface area contributed by atoms with Gasteiger partial charge in [-0.3, -0.25) is 0 Å². The second-order valence-corrected chi connectivity index (χ2v) is 5.64. The fourth-order valence-electron chi connectivity index (χ4n) is 2.97. The number of fused-ring (bicyclic) bond motifs is 1. The molecule has 1 aliphatic carbocycles. The van der Waals surface area contributed by atoms with Crippen LogP contribution in [-0.4, -0.2) is 19.3 Å². The summed E-state index contributed by atoms with van der Waals surface area (Å²) in [5, 5.41) is 0. The molecule has 0 aromatic heterocycles. The molecule has 0 spiro atoms. The van der Waals surface area contributed by atoms with E-state index in [1.165, 1.54) is 0 Å². The molecule has 1 fully saturated rings. The van der Waals surface area contributed by atoms with Crippen LogP contribution in [0.4, 0.5) is 4.39 Å². The zero-order valence-corrected chi connectivity index (χ0v) is 11.4. The van der Waals surface area contributed by atoms with Gasteiger partial charge < -0.3 is 15.2 Å². The zero-order chi connectivity index (χ0) is 13.6. The van der Waals surface area contributed by atoms with Crippen molar-refractivity contribution in [2.24, 2.45) is 5.73 Å². The lowest BCUT2D eigenvalue weighted by atomic mass is 9.84. The third-order valence-electron chi connectivity index (χ3n) is 4.34. The van der Waals surface area contributed by atoms with E-state index < -0.39 is 6.17 Å². The number of rotatable bonds is 3. The van der Waals surface area contributed by atoms with Gasteiger partial charge in [0.2, 0.25) is 0 Å². The summed E-state index contributed by atoms with van der Waals surface area (Å²) in [6.07, 6.45) is 1.01. The van der Waals surface area contributed by atoms with Crippen LogP contribution in [0.1, 0.15) is 44.0 Å². The Morgan fingerprint density at radius 1 is 1.16 bits per heavy atom. The van der Waals surface area contributed by atoms with Crippen LogP contribution >= 0.6 is 0 Å². The first kappa shape index (κ1) is 12.7. The van der Waals surface area contributed by atoms with Crippen molar-refractivity contribution in [3.8, 4) is 11.5 Å². The van der Waals surface area contributed by atoms with E-state index in [-0.39, 0.29) is 11.5 Å². The minimum Gasteiger partial charge on any atom is -0.486 e. The Hall–Kier alpha value is -1.29. The predicted molar refractivity (Wildman–Crippen MR) is 71.5 cm³/mol. The molecule has 0 amide bonds. The standard InChI is InChI=1S/C15H20FNO2/c1-9(16)11-7-13-14(19-6-5-18-13)8-12(11)15(3-4-15)10(2)17/h7-10H,3-6,17H2,1-2H3. The lowest BCUT2D eigenvalue weighted by Gasteiger charge is -2.27. The van der Waals surface area contributed by atoms with Crippen molar-refractivity contribution in [1.29, 1.82) is 0 Å². The van der Waals surface area contributed by atoms with Gasteiger partial charge in [0, 0.05) is 11.5 Å². The highest BCUT2D eigenvalue weighted by molar-refractivity contribution is 5.53. The maximum Gasteiger partial charge on any atom is 0.161 e. The van der Waals surface area contributed by atoms with Crippen molar-refractivity contribution >= 4 is 0 Å². The predicted octanol–water partition coefficient (Wildman–Crippen LogP) is 2.87. The quantitative estimate of drug-likeness (QED) is 0.914. The molecule has 19 heavy (non-hydrogen) atoms. The van der Waals surface area contributed by atoms with E-state index in [9.17, 15) is 4.39 Å². The Bertz CT molecular complexity index is 495. The molecule has 2 unspecified atom stereocenters. The minimum absolute atomic E-state index is 0.0209. The molecule has 3 nitrogen and oxygen atoms in total. The summed E-state index contributed by atoms with van der Waals surface area (Å²) >= 11 is 0. The van der Waals surface area contributed by atoms with Gasteiger partial charge in [0.1, 0.15) is 19.4 Å². The van der Waals surface area contributed by atoms with Crippen LogP contribution in [0.2, 0.25) is 0 Å². The molecule has 2 aliphatic rings. The molecule has 1 heterocycles. The third-order valence-corrected chi connectivity index (χ3v) is 4.34. The molecule has 4 heteroatoms. The molecule has 104 valence electrons. The second-order valence-electron chi connectivity index (χ2n) is 5.64. The summed E-state index contributed by atoms with van der Waals surface area (Å²) in [5.74, 6) is 1.37. The van der Waals surface area contributed by atoms with Crippen molar-refractivity contribution in [2.75, 3.05) is 13.2 Å². The highest BCUT2D eigenvalue weighted by atomic mass is 19.1. The van der Waals surface area contributed by atoms with Crippen molar-refractivity contribution in [2.45, 2.75) is 44.3 Å². The monoisotopic (exact) mass is 265 g/mol. The van der Waals surface area contributed by atoms with E-state index in [1.807, 2.05) is 13.0 Å². The Morgan fingerprint density at radius 3 is 2.21 bits per heavy atom. The second kappa shape index (κ2) is 4.37. The Labute approximate surface area is 112 Å². The van der Waals surface area contributed by atoms with Crippen molar-refractivity contribution in [3.05, 3.63) is 23.3 Å². The number of ether oxygens (including phenoxy) is 2. The van der Waals surface area contributed by atoms with E-state index in [4.69, 9.17) is 15.2 Å². The Kier molecular flexibility index (Phi) is 2.93. The molecule has 1 saturated carbocycles. The number of alkyl halides is 1. The maximum atomic E-state index is 13.9. The van der Waals surface area contributed by atoms with Crippen LogP contribution in [0.25, 0.3) is 0 Å². The zero-order valence-electron chi connectivity index (χ0n) is 11.4. The van der Waals surface area contributed by atoms with Crippen molar-refractivity contribution in [1.82, 2.24) is 0 Å². The summed E-state index contributed by atoms with van der Waals surface area (Å²) in [6.45, 7) is 4.62. The summed E-state index contributed by atoms with van der Waals surface area (Å²) in [4.78, 5) is 0. The normalized spacial score (nSPS) is 22.7. The van der Waals surface area contributed by atoms with E-state index in [0.717, 1.165) is 24.2 Å². The Morgan fingerprint density at radius 2 is 1.74 bits per heavy atom. The first-order chi connectivity index (χ1) is 9.04. The molecule has 1 aromatic carbocycles. The molecule has 1 aliphatic heterocycles. The van der Waals surface area contributed by atoms with Crippen LogP contribution in [-0.2, 0) is 5.41 Å². The number of hydrogen-bond acceptors (Lipinski definition) is 3. The van der Waals surface area contributed by atoms with Gasteiger partial charge in [-0.1, -0.05) is 0 Å². The van der Waals surface area contributed by atoms with E-state index in [0.29, 0.717) is 24.5 Å². The van der Waals surface area contributed by atoms with Gasteiger partial charge in [-0.15, -0.1) is 0 Å². The molecule has 3 rings (SSSR count). The molecule has 0 saturated heterocycles. The smallest absolute Gasteiger partial charge is 0.161 e. The van der Waals surface area contributed by atoms with Crippen LogP contribution in [0, 0.1) is 0 Å². The molecular formula is C15H20FNO2. The van der Waals surface area contributed by atoms with Crippen molar-refractivity contribution < 1.29 is 13.9 Å². The number of halogens is 1. The maximum absolute atomic E-state index is 13.9. The van der Waals surface area contributed by atoms with Crippen molar-refractivity contribution in [3.63, 3.8) is 0 Å². The van der Waals surface area contributed by atoms with E-state index >= 15 is 0 Å². The highest BCUT2D eigenvalue weighted by Crippen LogP contribution is 2.54. The number of benzene rings is 1. The summed E-state index contributed by atoms with van der Waals surface area (Å²) in [6, 6.07) is 3.75. The molecule has 0 radical (unpaired) electrons. The van der Waals surface area contributed by atoms with Crippen LogP contribution in [0.15, 0.2) is 12.1 Å². The summed E-state index contributed by atoms with van der Waals surface area (Å²) in [7, 11) is 0. The molecular weight excluding hydrogens is 245 g/mol. The van der Waals surface area contributed by atoms with Gasteiger partial charge in [0.05, 0.1) is 0 Å². The highest BCUT2D eigenvalue weighted by Gasteiger charge is 2.49. The SMILES string of the molecule is CC(F)c1cc2c(cc1C1(C(C)N)CC1)OCCO2. The molecule has 1 aromatic rings. The van der Waals surface area contributed by atoms with Gasteiger partial charge in [-0.05, 0) is 49.9 Å². The Balaban J connectivity index is 2.12. The average Bonchev–Trinajstić information content (AvgIpc) is 3.18. The first-order valence-electron chi connectivity index (χ1n) is 6.88. The van der Waals surface area contributed by atoms with Crippen LogP contribution in [0.5, 0.6) is 11.5 Å². The van der Waals surface area contributed by atoms with Gasteiger partial charge >= 0.3 is 0 Å². The first-order valence-corrected chi connectivity index (χ1v) is 6.88. The van der Waals surface area contributed by atoms with Gasteiger partial charge in [-0.25, -0.2) is 4.39 Å². The van der Waals surface area contributed by atoms with Crippen LogP contribution < -0.4 is 15.2 Å². The van der Waals surface area contributed by atoms with Gasteiger partial charge in [-0.2, -0.15) is 0 Å². The lowest BCUT2D eigenvalue weighted by molar-refractivity contribution is 0.170. The molecule has 0 bridgehead atoms. The summed E-state index contributed by atoms with van der Waals surface area (Å²) < 4.78 is 25.1. The fraction of sp³-hybridized carbons (Fsp3) is 0.600. The van der Waals surface area contributed by atoms with Gasteiger partial charge in [0.15, 0.2) is 11.5 Å². The van der Waals surface area contributed by atoms with Gasteiger partial charge in [0.25, 0.3) is 0 Å². The van der Waals surface area contributed by atoms with E-state index in [2.05, 4.69) is 0 Å². The molecule has 2 N–H and O–H groups in total. The third kappa shape index (κ3) is 1.98. The number of nitrogens with two attached hydrogens (primary N) is 1. The largest absolute Gasteiger partial charge is 0.486 e. The minimum atomic E-state index is -1.03. The fourth-order valence-corrected chi connectivity index (χ4v) is 2.97. The molecule has 2 atom stereocenters. The number of hydrogen-bond donors (Lipinski definition) is 1. The lowest BCUT2D eigenvalue weighted by Crippen LogP contribution is -2.32. The van der Waals surface area contributed by atoms with E-state index in [1.54, 1.807) is 13.0 Å². The summed E-state index contributed by atoms with van der Waals surface area (Å²) in [5.41, 5.74) is 7.73. The average molecular weight is 265 g/mol.